The molecule has 2 heterocycles. The molecule has 8 heteroatoms. The number of carbonyl (C=O) groups is 3. The van der Waals surface area contributed by atoms with E-state index >= 15 is 0 Å². The van der Waals surface area contributed by atoms with E-state index in [9.17, 15) is 14.4 Å². The molecule has 0 saturated carbocycles. The molecule has 5 aliphatic rings. The van der Waals surface area contributed by atoms with Crippen LogP contribution in [0.4, 0.5) is 5.69 Å². The van der Waals surface area contributed by atoms with Gasteiger partial charge in [-0.1, -0.05) is 92.5 Å². The second kappa shape index (κ2) is 8.60. The SMILES string of the molecule is O=C(NC[C@@H]1CCCO1)c1ccccc1N1C(=O)[C@H]2[C@H](C1=O)C1(Br)c3ccccc3C2(Br)c2ccccc21. The number of halogens is 2. The molecule has 8 rings (SSSR count). The lowest BCUT2D eigenvalue weighted by Crippen LogP contribution is -2.56. The zero-order chi connectivity index (χ0) is 26.2. The van der Waals surface area contributed by atoms with Crippen LogP contribution in [0.15, 0.2) is 72.8 Å². The molecule has 3 aromatic rings. The molecule has 0 spiro atoms. The number of imide groups is 1. The third kappa shape index (κ3) is 3.05. The summed E-state index contributed by atoms with van der Waals surface area (Å²) in [5, 5.41) is 2.94. The van der Waals surface area contributed by atoms with E-state index in [0.29, 0.717) is 24.4 Å². The number of amides is 3. The van der Waals surface area contributed by atoms with Crippen LogP contribution in [0.2, 0.25) is 0 Å². The van der Waals surface area contributed by atoms with Gasteiger partial charge in [-0.15, -0.1) is 0 Å². The van der Waals surface area contributed by atoms with Crippen LogP contribution in [0.1, 0.15) is 45.5 Å². The summed E-state index contributed by atoms with van der Waals surface area (Å²) in [6.07, 6.45) is 1.86. The lowest BCUT2D eigenvalue weighted by atomic mass is 9.54. The van der Waals surface area contributed by atoms with Gasteiger partial charge < -0.3 is 10.1 Å². The fourth-order valence-corrected chi connectivity index (χ4v) is 9.18. The van der Waals surface area contributed by atoms with Crippen molar-refractivity contribution in [3.05, 3.63) is 101 Å². The third-order valence-electron chi connectivity index (χ3n) is 8.49. The third-order valence-corrected chi connectivity index (χ3v) is 11.2. The van der Waals surface area contributed by atoms with Crippen LogP contribution in [0.5, 0.6) is 0 Å². The number of alkyl halides is 2. The largest absolute Gasteiger partial charge is 0.376 e. The van der Waals surface area contributed by atoms with Crippen LogP contribution >= 0.6 is 31.9 Å². The lowest BCUT2D eigenvalue weighted by molar-refractivity contribution is -0.122. The Labute approximate surface area is 237 Å². The Hall–Kier alpha value is -2.81. The molecule has 1 N–H and O–H groups in total. The monoisotopic (exact) mass is 634 g/mol. The summed E-state index contributed by atoms with van der Waals surface area (Å²) in [5.74, 6) is -2.35. The van der Waals surface area contributed by atoms with Gasteiger partial charge in [0.05, 0.1) is 37.8 Å². The van der Waals surface area contributed by atoms with Gasteiger partial charge >= 0.3 is 0 Å². The average Bonchev–Trinajstić information content (AvgIpc) is 3.56. The maximum absolute atomic E-state index is 14.4. The second-order valence-electron chi connectivity index (χ2n) is 10.3. The van der Waals surface area contributed by atoms with Gasteiger partial charge in [0.2, 0.25) is 11.8 Å². The number of hydrogen-bond acceptors (Lipinski definition) is 4. The Kier molecular flexibility index (Phi) is 5.49. The first-order chi connectivity index (χ1) is 18.4. The van der Waals surface area contributed by atoms with E-state index in [0.717, 1.165) is 35.1 Å². The van der Waals surface area contributed by atoms with Gasteiger partial charge in [-0.2, -0.15) is 0 Å². The van der Waals surface area contributed by atoms with Crippen LogP contribution < -0.4 is 10.2 Å². The smallest absolute Gasteiger partial charge is 0.253 e. The molecule has 2 fully saturated rings. The van der Waals surface area contributed by atoms with Gasteiger partial charge in [0, 0.05) is 13.2 Å². The molecule has 38 heavy (non-hydrogen) atoms. The van der Waals surface area contributed by atoms with E-state index in [1.54, 1.807) is 24.3 Å². The van der Waals surface area contributed by atoms with E-state index in [2.05, 4.69) is 37.2 Å². The molecule has 2 saturated heterocycles. The maximum Gasteiger partial charge on any atom is 0.253 e. The molecule has 0 radical (unpaired) electrons. The Morgan fingerprint density at radius 3 is 1.84 bits per heavy atom. The molecule has 6 nitrogen and oxygen atoms in total. The zero-order valence-electron chi connectivity index (χ0n) is 20.3. The zero-order valence-corrected chi connectivity index (χ0v) is 23.5. The summed E-state index contributed by atoms with van der Waals surface area (Å²) in [7, 11) is 0. The molecule has 3 amide bonds. The normalized spacial score (nSPS) is 30.7. The number of nitrogens with zero attached hydrogens (tertiary/aromatic N) is 1. The number of benzene rings is 3. The quantitative estimate of drug-likeness (QED) is 0.323. The van der Waals surface area contributed by atoms with Crippen LogP contribution in [0.3, 0.4) is 0 Å². The van der Waals surface area contributed by atoms with Crippen LogP contribution in [0.25, 0.3) is 0 Å². The molecule has 3 aromatic carbocycles. The van der Waals surface area contributed by atoms with Gasteiger partial charge in [0.15, 0.2) is 0 Å². The highest BCUT2D eigenvalue weighted by molar-refractivity contribution is 9.10. The van der Waals surface area contributed by atoms with Crippen molar-refractivity contribution in [2.24, 2.45) is 11.8 Å². The van der Waals surface area contributed by atoms with E-state index in [4.69, 9.17) is 4.74 Å². The summed E-state index contributed by atoms with van der Waals surface area (Å²) in [6, 6.07) is 22.8. The second-order valence-corrected chi connectivity index (χ2v) is 12.8. The van der Waals surface area contributed by atoms with Crippen LogP contribution in [-0.4, -0.2) is 37.0 Å². The van der Waals surface area contributed by atoms with Gasteiger partial charge in [-0.3, -0.25) is 14.4 Å². The number of hydrogen-bond donors (Lipinski definition) is 1. The van der Waals surface area contributed by atoms with E-state index < -0.39 is 20.5 Å². The highest BCUT2D eigenvalue weighted by Gasteiger charge is 2.72. The van der Waals surface area contributed by atoms with Crippen molar-refractivity contribution in [2.75, 3.05) is 18.1 Å². The van der Waals surface area contributed by atoms with Crippen molar-refractivity contribution in [1.82, 2.24) is 5.32 Å². The summed E-state index contributed by atoms with van der Waals surface area (Å²) in [5.41, 5.74) is 4.50. The van der Waals surface area contributed by atoms with Crippen molar-refractivity contribution in [2.45, 2.75) is 27.6 Å². The fraction of sp³-hybridized carbons (Fsp3) is 0.300. The number of nitrogens with one attached hydrogen (secondary N) is 1. The summed E-state index contributed by atoms with van der Waals surface area (Å²) in [4.78, 5) is 43.2. The number of anilines is 1. The molecule has 0 unspecified atom stereocenters. The summed E-state index contributed by atoms with van der Waals surface area (Å²) >= 11 is 8.05. The molecule has 0 aromatic heterocycles. The fourth-order valence-electron chi connectivity index (χ4n) is 6.87. The Morgan fingerprint density at radius 2 is 1.34 bits per heavy atom. The first kappa shape index (κ1) is 24.2. The van der Waals surface area contributed by atoms with E-state index in [1.165, 1.54) is 4.90 Å². The minimum Gasteiger partial charge on any atom is -0.376 e. The molecule has 2 aliphatic heterocycles. The number of ether oxygens (including phenoxy) is 1. The topological polar surface area (TPSA) is 75.7 Å². The standard InChI is InChI=1S/C30H24Br2N2O4/c31-29-19-10-2-3-11-20(19)30(32,22-13-5-4-12-21(22)29)25-24(29)27(36)34(28(25)37)23-14-6-1-9-18(23)26(35)33-16-17-8-7-15-38-17/h1-6,9-14,17,24-25H,7-8,15-16H2,(H,33,35)/t17-,24+,25+,29?,30?/m0/s1. The average molecular weight is 636 g/mol. The predicted octanol–water partition coefficient (Wildman–Crippen LogP) is 5.01. The van der Waals surface area contributed by atoms with Crippen LogP contribution in [0, 0.1) is 11.8 Å². The van der Waals surface area contributed by atoms with Crippen molar-refractivity contribution in [3.8, 4) is 0 Å². The van der Waals surface area contributed by atoms with E-state index in [-0.39, 0.29) is 23.8 Å². The lowest BCUT2D eigenvalue weighted by Gasteiger charge is -2.55. The van der Waals surface area contributed by atoms with Gasteiger partial charge in [-0.25, -0.2) is 4.90 Å². The van der Waals surface area contributed by atoms with Gasteiger partial charge in [0.25, 0.3) is 5.91 Å². The molecule has 2 bridgehead atoms. The summed E-state index contributed by atoms with van der Waals surface area (Å²) < 4.78 is 3.89. The summed E-state index contributed by atoms with van der Waals surface area (Å²) in [6.45, 7) is 1.09. The minimum absolute atomic E-state index is 0.0156. The molecular formula is C30H24Br2N2O4. The van der Waals surface area contributed by atoms with Crippen molar-refractivity contribution in [3.63, 3.8) is 0 Å². The van der Waals surface area contributed by atoms with Crippen molar-refractivity contribution < 1.29 is 19.1 Å². The molecule has 3 atom stereocenters. The predicted molar refractivity (Wildman–Crippen MR) is 150 cm³/mol. The first-order valence-corrected chi connectivity index (χ1v) is 14.4. The molecule has 192 valence electrons. The van der Waals surface area contributed by atoms with Crippen LogP contribution in [-0.2, 0) is 23.0 Å². The Bertz CT molecular complexity index is 1390. The van der Waals surface area contributed by atoms with Gasteiger partial charge in [-0.05, 0) is 47.2 Å². The van der Waals surface area contributed by atoms with Gasteiger partial charge in [0.1, 0.15) is 0 Å². The number of carbonyl (C=O) groups excluding carboxylic acids is 3. The molecule has 3 aliphatic carbocycles. The van der Waals surface area contributed by atoms with Crippen molar-refractivity contribution in [1.29, 1.82) is 0 Å². The van der Waals surface area contributed by atoms with Crippen molar-refractivity contribution >= 4 is 55.3 Å². The Morgan fingerprint density at radius 1 is 0.842 bits per heavy atom. The highest BCUT2D eigenvalue weighted by Crippen LogP contribution is 2.70. The Balaban J connectivity index is 1.34. The van der Waals surface area contributed by atoms with E-state index in [1.807, 2.05) is 48.5 Å². The maximum atomic E-state index is 14.4. The number of rotatable bonds is 4. The number of para-hydroxylation sites is 1. The minimum atomic E-state index is -0.876. The molecular weight excluding hydrogens is 612 g/mol. The highest BCUT2D eigenvalue weighted by atomic mass is 79.9. The first-order valence-electron chi connectivity index (χ1n) is 12.8.